The lowest BCUT2D eigenvalue weighted by atomic mass is 9.87. The van der Waals surface area contributed by atoms with Gasteiger partial charge < -0.3 is 10.1 Å². The van der Waals surface area contributed by atoms with Crippen LogP contribution in [0.25, 0.3) is 22.0 Å². The second kappa shape index (κ2) is 9.53. The number of hydrogen-bond acceptors (Lipinski definition) is 4. The molecule has 4 rings (SSSR count). The van der Waals surface area contributed by atoms with E-state index in [-0.39, 0.29) is 11.3 Å². The van der Waals surface area contributed by atoms with Crippen LogP contribution in [-0.4, -0.2) is 17.5 Å². The first-order valence-corrected chi connectivity index (χ1v) is 11.7. The second-order valence-corrected chi connectivity index (χ2v) is 9.70. The predicted molar refractivity (Wildman–Crippen MR) is 134 cm³/mol. The van der Waals surface area contributed by atoms with E-state index in [2.05, 4.69) is 67.5 Å². The molecular formula is C27H28N2O2S. The lowest BCUT2D eigenvalue weighted by Crippen LogP contribution is -2.13. The van der Waals surface area contributed by atoms with Crippen LogP contribution in [0.15, 0.2) is 72.1 Å². The van der Waals surface area contributed by atoms with Crippen molar-refractivity contribution in [2.24, 2.45) is 0 Å². The molecule has 0 unspecified atom stereocenters. The SMILES string of the molecule is CC(C)(C)c1ccc(OCCCC(=O)Nc2nc(-c3cccc4ccccc34)cs2)cc1. The number of benzene rings is 3. The maximum atomic E-state index is 12.3. The average Bonchev–Trinajstić information content (AvgIpc) is 3.24. The molecule has 0 aliphatic carbocycles. The molecule has 0 spiro atoms. The van der Waals surface area contributed by atoms with Crippen LogP contribution in [0.1, 0.15) is 39.2 Å². The van der Waals surface area contributed by atoms with Gasteiger partial charge in [-0.15, -0.1) is 11.3 Å². The van der Waals surface area contributed by atoms with E-state index >= 15 is 0 Å². The van der Waals surface area contributed by atoms with E-state index in [4.69, 9.17) is 4.74 Å². The summed E-state index contributed by atoms with van der Waals surface area (Å²) in [6.07, 6.45) is 1.04. The molecule has 5 heteroatoms. The first-order valence-electron chi connectivity index (χ1n) is 10.9. The minimum Gasteiger partial charge on any atom is -0.494 e. The summed E-state index contributed by atoms with van der Waals surface area (Å²) >= 11 is 1.45. The van der Waals surface area contributed by atoms with Gasteiger partial charge >= 0.3 is 0 Å². The topological polar surface area (TPSA) is 51.2 Å². The van der Waals surface area contributed by atoms with Gasteiger partial charge in [0.15, 0.2) is 5.13 Å². The normalized spacial score (nSPS) is 11.5. The van der Waals surface area contributed by atoms with Gasteiger partial charge in [0, 0.05) is 17.4 Å². The van der Waals surface area contributed by atoms with Crippen LogP contribution in [0.2, 0.25) is 0 Å². The lowest BCUT2D eigenvalue weighted by Gasteiger charge is -2.19. The maximum absolute atomic E-state index is 12.3. The van der Waals surface area contributed by atoms with E-state index in [0.29, 0.717) is 24.6 Å². The molecule has 1 amide bonds. The van der Waals surface area contributed by atoms with Gasteiger partial charge in [0.2, 0.25) is 5.91 Å². The molecule has 1 heterocycles. The van der Waals surface area contributed by atoms with Crippen LogP contribution in [-0.2, 0) is 10.2 Å². The number of carbonyl (C=O) groups excluding carboxylic acids is 1. The Labute approximate surface area is 193 Å². The third kappa shape index (κ3) is 5.35. The number of aromatic nitrogens is 1. The Morgan fingerprint density at radius 1 is 1.00 bits per heavy atom. The zero-order valence-electron chi connectivity index (χ0n) is 18.7. The van der Waals surface area contributed by atoms with Gasteiger partial charge in [0.25, 0.3) is 0 Å². The molecule has 0 fully saturated rings. The minimum atomic E-state index is -0.0458. The van der Waals surface area contributed by atoms with E-state index < -0.39 is 0 Å². The highest BCUT2D eigenvalue weighted by molar-refractivity contribution is 7.14. The summed E-state index contributed by atoms with van der Waals surface area (Å²) in [5.74, 6) is 0.786. The van der Waals surface area contributed by atoms with Crippen molar-refractivity contribution in [1.82, 2.24) is 4.98 Å². The van der Waals surface area contributed by atoms with Crippen molar-refractivity contribution in [2.75, 3.05) is 11.9 Å². The Balaban J connectivity index is 1.28. The standard InChI is InChI=1S/C27H28N2O2S/c1-27(2,3)20-13-15-21(16-14-20)31-17-7-12-25(30)29-26-28-24(18-32-26)23-11-6-9-19-8-4-5-10-22(19)23/h4-6,8-11,13-16,18H,7,12,17H2,1-3H3,(H,28,29,30). The van der Waals surface area contributed by atoms with Crippen molar-refractivity contribution < 1.29 is 9.53 Å². The maximum Gasteiger partial charge on any atom is 0.226 e. The molecule has 0 saturated carbocycles. The minimum absolute atomic E-state index is 0.0458. The van der Waals surface area contributed by atoms with Gasteiger partial charge in [-0.3, -0.25) is 4.79 Å². The summed E-state index contributed by atoms with van der Waals surface area (Å²) in [4.78, 5) is 17.0. The molecule has 0 saturated heterocycles. The molecule has 164 valence electrons. The number of rotatable bonds is 7. The van der Waals surface area contributed by atoms with Crippen molar-refractivity contribution in [3.05, 3.63) is 77.7 Å². The Bertz CT molecular complexity index is 1200. The number of anilines is 1. The molecule has 32 heavy (non-hydrogen) atoms. The van der Waals surface area contributed by atoms with Crippen molar-refractivity contribution >= 4 is 33.1 Å². The molecule has 0 atom stereocenters. The van der Waals surface area contributed by atoms with Gasteiger partial charge in [-0.2, -0.15) is 0 Å². The zero-order chi connectivity index (χ0) is 22.6. The molecular weight excluding hydrogens is 416 g/mol. The Hall–Kier alpha value is -3.18. The molecule has 0 aliphatic rings. The van der Waals surface area contributed by atoms with Crippen LogP contribution in [0.5, 0.6) is 5.75 Å². The molecule has 4 nitrogen and oxygen atoms in total. The highest BCUT2D eigenvalue weighted by Gasteiger charge is 2.13. The molecule has 0 aliphatic heterocycles. The van der Waals surface area contributed by atoms with Gasteiger partial charge in [0.1, 0.15) is 5.75 Å². The van der Waals surface area contributed by atoms with Crippen LogP contribution in [0.4, 0.5) is 5.13 Å². The van der Waals surface area contributed by atoms with E-state index in [9.17, 15) is 4.79 Å². The van der Waals surface area contributed by atoms with Crippen LogP contribution in [0.3, 0.4) is 0 Å². The Morgan fingerprint density at radius 3 is 2.53 bits per heavy atom. The van der Waals surface area contributed by atoms with E-state index in [1.807, 2.05) is 35.7 Å². The first-order chi connectivity index (χ1) is 15.4. The summed E-state index contributed by atoms with van der Waals surface area (Å²) < 4.78 is 5.78. The fraction of sp³-hybridized carbons (Fsp3) is 0.259. The quantitative estimate of drug-likeness (QED) is 0.310. The van der Waals surface area contributed by atoms with Gasteiger partial charge in [-0.25, -0.2) is 4.98 Å². The predicted octanol–water partition coefficient (Wildman–Crippen LogP) is 7.06. The van der Waals surface area contributed by atoms with E-state index in [1.165, 1.54) is 22.3 Å². The van der Waals surface area contributed by atoms with E-state index in [0.717, 1.165) is 22.4 Å². The Kier molecular flexibility index (Phi) is 6.56. The third-order valence-corrected chi connectivity index (χ3v) is 6.11. The van der Waals surface area contributed by atoms with Crippen molar-refractivity contribution in [2.45, 2.75) is 39.0 Å². The highest BCUT2D eigenvalue weighted by Crippen LogP contribution is 2.31. The van der Waals surface area contributed by atoms with Crippen LogP contribution >= 0.6 is 11.3 Å². The summed E-state index contributed by atoms with van der Waals surface area (Å²) in [7, 11) is 0. The van der Waals surface area contributed by atoms with Crippen molar-refractivity contribution in [3.8, 4) is 17.0 Å². The second-order valence-electron chi connectivity index (χ2n) is 8.84. The van der Waals surface area contributed by atoms with Crippen LogP contribution in [0, 0.1) is 0 Å². The Morgan fingerprint density at radius 2 is 1.75 bits per heavy atom. The highest BCUT2D eigenvalue weighted by atomic mass is 32.1. The monoisotopic (exact) mass is 444 g/mol. The first kappa shape index (κ1) is 22.0. The van der Waals surface area contributed by atoms with Gasteiger partial charge in [-0.1, -0.05) is 75.4 Å². The number of fused-ring (bicyclic) bond motifs is 1. The number of nitrogens with one attached hydrogen (secondary N) is 1. The number of amides is 1. The fourth-order valence-corrected chi connectivity index (χ4v) is 4.29. The number of carbonyl (C=O) groups is 1. The third-order valence-electron chi connectivity index (χ3n) is 5.35. The molecule has 1 aromatic heterocycles. The average molecular weight is 445 g/mol. The van der Waals surface area contributed by atoms with Crippen LogP contribution < -0.4 is 10.1 Å². The summed E-state index contributed by atoms with van der Waals surface area (Å²) in [6, 6.07) is 22.6. The summed E-state index contributed by atoms with van der Waals surface area (Å²) in [5, 5.41) is 7.86. The number of thiazole rings is 1. The summed E-state index contributed by atoms with van der Waals surface area (Å²) in [6.45, 7) is 7.07. The van der Waals surface area contributed by atoms with Crippen molar-refractivity contribution in [1.29, 1.82) is 0 Å². The smallest absolute Gasteiger partial charge is 0.226 e. The van der Waals surface area contributed by atoms with Gasteiger partial charge in [-0.05, 0) is 40.3 Å². The molecule has 1 N–H and O–H groups in total. The largest absolute Gasteiger partial charge is 0.494 e. The number of ether oxygens (including phenoxy) is 1. The number of nitrogens with zero attached hydrogens (tertiary/aromatic N) is 1. The fourth-order valence-electron chi connectivity index (χ4n) is 3.56. The molecule has 0 radical (unpaired) electrons. The lowest BCUT2D eigenvalue weighted by molar-refractivity contribution is -0.116. The molecule has 0 bridgehead atoms. The molecule has 4 aromatic rings. The number of hydrogen-bond donors (Lipinski definition) is 1. The van der Waals surface area contributed by atoms with Gasteiger partial charge in [0.05, 0.1) is 12.3 Å². The zero-order valence-corrected chi connectivity index (χ0v) is 19.5. The van der Waals surface area contributed by atoms with Crippen molar-refractivity contribution in [3.63, 3.8) is 0 Å². The van der Waals surface area contributed by atoms with E-state index in [1.54, 1.807) is 0 Å². The molecule has 3 aromatic carbocycles. The summed E-state index contributed by atoms with van der Waals surface area (Å²) in [5.41, 5.74) is 3.35.